The number of hydrogen-bond acceptors (Lipinski definition) is 6. The summed E-state index contributed by atoms with van der Waals surface area (Å²) in [6.07, 6.45) is 3.11. The van der Waals surface area contributed by atoms with Gasteiger partial charge in [-0.25, -0.2) is 4.98 Å². The molecule has 2 N–H and O–H groups in total. The zero-order valence-corrected chi connectivity index (χ0v) is 17.1. The highest BCUT2D eigenvalue weighted by Gasteiger charge is 2.27. The van der Waals surface area contributed by atoms with E-state index in [-0.39, 0.29) is 35.9 Å². The molecule has 1 saturated heterocycles. The number of esters is 1. The van der Waals surface area contributed by atoms with Crippen LogP contribution in [0.3, 0.4) is 0 Å². The van der Waals surface area contributed by atoms with E-state index in [1.807, 2.05) is 6.07 Å². The number of methoxy groups -OCH3 is 1. The van der Waals surface area contributed by atoms with Gasteiger partial charge in [0.1, 0.15) is 5.82 Å². The summed E-state index contributed by atoms with van der Waals surface area (Å²) in [5, 5.41) is 10.3. The number of carbonyl (C=O) groups is 1. The number of aromatic amines is 1. The first-order chi connectivity index (χ1) is 12.2. The van der Waals surface area contributed by atoms with Crippen LogP contribution in [-0.2, 0) is 16.1 Å². The molecule has 2 aromatic heterocycles. The van der Waals surface area contributed by atoms with Crippen molar-refractivity contribution in [3.63, 3.8) is 0 Å². The molecular weight excluding hydrogens is 451 g/mol. The molecule has 142 valence electrons. The fourth-order valence-electron chi connectivity index (χ4n) is 2.88. The maximum absolute atomic E-state index is 11.6. The van der Waals surface area contributed by atoms with Gasteiger partial charge in [0, 0.05) is 20.1 Å². The zero-order valence-electron chi connectivity index (χ0n) is 14.8. The van der Waals surface area contributed by atoms with E-state index in [4.69, 9.17) is 9.15 Å². The quantitative estimate of drug-likeness (QED) is 0.300. The Bertz CT molecular complexity index is 722. The molecule has 0 aliphatic carbocycles. The molecule has 0 unspecified atom stereocenters. The average molecular weight is 474 g/mol. The van der Waals surface area contributed by atoms with Crippen molar-refractivity contribution in [1.82, 2.24) is 25.4 Å². The Morgan fingerprint density at radius 2 is 2.27 bits per heavy atom. The molecule has 3 heterocycles. The molecule has 0 bridgehead atoms. The number of carbonyl (C=O) groups excluding carboxylic acids is 1. The van der Waals surface area contributed by atoms with Crippen LogP contribution >= 0.6 is 24.0 Å². The highest BCUT2D eigenvalue weighted by Crippen LogP contribution is 2.18. The fraction of sp³-hybridized carbons (Fsp3) is 0.500. The van der Waals surface area contributed by atoms with Crippen LogP contribution in [0, 0.1) is 5.92 Å². The zero-order chi connectivity index (χ0) is 17.6. The molecule has 1 aliphatic heterocycles. The fourth-order valence-corrected chi connectivity index (χ4v) is 2.88. The van der Waals surface area contributed by atoms with E-state index in [0.29, 0.717) is 24.0 Å². The van der Waals surface area contributed by atoms with Crippen LogP contribution < -0.4 is 5.32 Å². The van der Waals surface area contributed by atoms with Gasteiger partial charge < -0.3 is 19.4 Å². The summed E-state index contributed by atoms with van der Waals surface area (Å²) >= 11 is 0. The molecule has 0 aromatic carbocycles. The Labute approximate surface area is 168 Å². The van der Waals surface area contributed by atoms with E-state index in [1.165, 1.54) is 7.11 Å². The summed E-state index contributed by atoms with van der Waals surface area (Å²) < 4.78 is 10.1. The number of rotatable bonds is 4. The van der Waals surface area contributed by atoms with Crippen LogP contribution in [0.25, 0.3) is 11.6 Å². The highest BCUT2D eigenvalue weighted by atomic mass is 127. The summed E-state index contributed by atoms with van der Waals surface area (Å²) in [6, 6.07) is 3.61. The molecular formula is C16H23IN6O3. The van der Waals surface area contributed by atoms with Crippen molar-refractivity contribution in [3.05, 3.63) is 24.2 Å². The minimum atomic E-state index is -0.130. The van der Waals surface area contributed by atoms with Crippen LogP contribution in [0.2, 0.25) is 0 Å². The number of ether oxygens (including phenoxy) is 1. The summed E-state index contributed by atoms with van der Waals surface area (Å²) in [5.74, 6) is 2.46. The second-order valence-corrected chi connectivity index (χ2v) is 5.77. The highest BCUT2D eigenvalue weighted by molar-refractivity contribution is 14.0. The first-order valence-electron chi connectivity index (χ1n) is 8.20. The number of halogens is 1. The van der Waals surface area contributed by atoms with Crippen LogP contribution in [0.4, 0.5) is 0 Å². The van der Waals surface area contributed by atoms with Crippen molar-refractivity contribution in [2.75, 3.05) is 27.2 Å². The normalized spacial score (nSPS) is 15.5. The van der Waals surface area contributed by atoms with E-state index in [2.05, 4.69) is 30.4 Å². The molecule has 9 nitrogen and oxygen atoms in total. The van der Waals surface area contributed by atoms with Crippen molar-refractivity contribution in [2.45, 2.75) is 19.4 Å². The molecule has 0 atom stereocenters. The van der Waals surface area contributed by atoms with Crippen LogP contribution in [0.1, 0.15) is 18.7 Å². The van der Waals surface area contributed by atoms with Gasteiger partial charge in [-0.3, -0.25) is 14.9 Å². The maximum Gasteiger partial charge on any atom is 0.308 e. The predicted molar refractivity (Wildman–Crippen MR) is 106 cm³/mol. The lowest BCUT2D eigenvalue weighted by Crippen LogP contribution is -2.46. The molecule has 2 aromatic rings. The maximum atomic E-state index is 11.6. The van der Waals surface area contributed by atoms with Crippen molar-refractivity contribution in [3.8, 4) is 11.6 Å². The molecule has 1 aliphatic rings. The molecule has 3 rings (SSSR count). The second kappa shape index (κ2) is 9.55. The molecule has 0 amide bonds. The molecule has 10 heteroatoms. The minimum absolute atomic E-state index is 0. The van der Waals surface area contributed by atoms with Gasteiger partial charge in [-0.05, 0) is 25.0 Å². The molecule has 26 heavy (non-hydrogen) atoms. The van der Waals surface area contributed by atoms with Gasteiger partial charge in [0.25, 0.3) is 0 Å². The number of piperidine rings is 1. The third-order valence-electron chi connectivity index (χ3n) is 4.23. The largest absolute Gasteiger partial charge is 0.469 e. The second-order valence-electron chi connectivity index (χ2n) is 5.77. The standard InChI is InChI=1S/C16H22N6O3.HI/c1-17-16(22-7-5-11(6-8-22)15(23)24-2)18-10-13-19-14(21-20-13)12-4-3-9-25-12;/h3-4,9,11H,5-8,10H2,1-2H3,(H,17,18)(H,19,20,21);1H. The number of H-pyrrole nitrogens is 1. The van der Waals surface area contributed by atoms with E-state index in [1.54, 1.807) is 19.4 Å². The van der Waals surface area contributed by atoms with Crippen LogP contribution in [0.15, 0.2) is 27.8 Å². The molecule has 1 fully saturated rings. The van der Waals surface area contributed by atoms with Gasteiger partial charge in [0.15, 0.2) is 11.7 Å². The van der Waals surface area contributed by atoms with Crippen molar-refractivity contribution in [1.29, 1.82) is 0 Å². The predicted octanol–water partition coefficient (Wildman–Crippen LogP) is 1.64. The molecule has 0 radical (unpaired) electrons. The van der Waals surface area contributed by atoms with Crippen molar-refractivity contribution >= 4 is 35.9 Å². The van der Waals surface area contributed by atoms with Crippen molar-refractivity contribution < 1.29 is 13.9 Å². The Balaban J connectivity index is 0.00000243. The van der Waals surface area contributed by atoms with E-state index >= 15 is 0 Å². The van der Waals surface area contributed by atoms with Crippen molar-refractivity contribution in [2.24, 2.45) is 10.9 Å². The smallest absolute Gasteiger partial charge is 0.308 e. The van der Waals surface area contributed by atoms with E-state index < -0.39 is 0 Å². The summed E-state index contributed by atoms with van der Waals surface area (Å²) in [6.45, 7) is 1.98. The number of aromatic nitrogens is 3. The Morgan fingerprint density at radius 1 is 1.50 bits per heavy atom. The Kier molecular flexibility index (Phi) is 7.42. The number of aliphatic imine (C=N–C) groups is 1. The van der Waals surface area contributed by atoms with Gasteiger partial charge in [-0.15, -0.1) is 29.1 Å². The summed E-state index contributed by atoms with van der Waals surface area (Å²) in [5.41, 5.74) is 0. The van der Waals surface area contributed by atoms with Gasteiger partial charge in [0.2, 0.25) is 5.82 Å². The third kappa shape index (κ3) is 4.74. The first kappa shape index (κ1) is 20.2. The first-order valence-corrected chi connectivity index (χ1v) is 8.20. The van der Waals surface area contributed by atoms with Crippen LogP contribution in [0.5, 0.6) is 0 Å². The van der Waals surface area contributed by atoms with Gasteiger partial charge in [0.05, 0.1) is 25.8 Å². The molecule has 0 saturated carbocycles. The summed E-state index contributed by atoms with van der Waals surface area (Å²) in [7, 11) is 3.17. The van der Waals surface area contributed by atoms with Gasteiger partial charge in [-0.1, -0.05) is 0 Å². The minimum Gasteiger partial charge on any atom is -0.469 e. The lowest BCUT2D eigenvalue weighted by Gasteiger charge is -2.33. The van der Waals surface area contributed by atoms with Gasteiger partial charge in [-0.2, -0.15) is 0 Å². The Hall–Kier alpha value is -2.11. The van der Waals surface area contributed by atoms with Crippen LogP contribution in [-0.4, -0.2) is 59.3 Å². The van der Waals surface area contributed by atoms with E-state index in [0.717, 1.165) is 31.9 Å². The third-order valence-corrected chi connectivity index (χ3v) is 4.23. The monoisotopic (exact) mass is 474 g/mol. The Morgan fingerprint density at radius 3 is 2.88 bits per heavy atom. The number of nitrogens with one attached hydrogen (secondary N) is 2. The number of furan rings is 1. The lowest BCUT2D eigenvalue weighted by atomic mass is 9.97. The number of guanidine groups is 1. The number of hydrogen-bond donors (Lipinski definition) is 2. The topological polar surface area (TPSA) is 109 Å². The molecule has 0 spiro atoms. The summed E-state index contributed by atoms with van der Waals surface area (Å²) in [4.78, 5) is 22.4. The SMILES string of the molecule is CN=C(NCc1nc(-c2ccco2)n[nH]1)N1CCC(C(=O)OC)CC1.I. The average Bonchev–Trinajstić information content (AvgIpc) is 3.33. The van der Waals surface area contributed by atoms with Gasteiger partial charge >= 0.3 is 5.97 Å². The van der Waals surface area contributed by atoms with E-state index in [9.17, 15) is 4.79 Å². The lowest BCUT2D eigenvalue weighted by molar-refractivity contribution is -0.146. The number of likely N-dealkylation sites (tertiary alicyclic amines) is 1. The number of nitrogens with zero attached hydrogens (tertiary/aromatic N) is 4.